The quantitative estimate of drug-likeness (QED) is 0.852. The summed E-state index contributed by atoms with van der Waals surface area (Å²) in [6.45, 7) is 4.46. The molecule has 1 aromatic rings. The van der Waals surface area contributed by atoms with Crippen LogP contribution in [0.3, 0.4) is 0 Å². The Labute approximate surface area is 97.4 Å². The zero-order valence-corrected chi connectivity index (χ0v) is 10.4. The number of rotatable bonds is 3. The predicted octanol–water partition coefficient (Wildman–Crippen LogP) is 3.43. The third-order valence-electron chi connectivity index (χ3n) is 3.82. The minimum atomic E-state index is 0.174. The fraction of sp³-hybridized carbons (Fsp3) is 0.769. The summed E-state index contributed by atoms with van der Waals surface area (Å²) in [4.78, 5) is 0. The van der Waals surface area contributed by atoms with Crippen molar-refractivity contribution in [3.05, 3.63) is 11.3 Å². The van der Waals surface area contributed by atoms with E-state index in [0.717, 1.165) is 24.2 Å². The average molecular weight is 222 g/mol. The maximum Gasteiger partial charge on any atom is 0.170 e. The second-order valence-corrected chi connectivity index (χ2v) is 5.25. The van der Waals surface area contributed by atoms with E-state index in [4.69, 9.17) is 10.3 Å². The molecule has 16 heavy (non-hydrogen) atoms. The van der Waals surface area contributed by atoms with Crippen LogP contribution in [0.5, 0.6) is 0 Å². The standard InChI is InChI=1S/C13H22N2O/c1-3-7-10-11(16-15-12(10)14)13(2)8-5-4-6-9-13/h3-9H2,1-2H3,(H2,14,15). The van der Waals surface area contributed by atoms with Gasteiger partial charge in [-0.25, -0.2) is 0 Å². The van der Waals surface area contributed by atoms with Crippen molar-refractivity contribution in [2.75, 3.05) is 5.73 Å². The van der Waals surface area contributed by atoms with Crippen LogP contribution in [0.4, 0.5) is 5.82 Å². The lowest BCUT2D eigenvalue weighted by molar-refractivity contribution is 0.238. The van der Waals surface area contributed by atoms with Crippen LogP contribution in [0.15, 0.2) is 4.52 Å². The van der Waals surface area contributed by atoms with Crippen LogP contribution in [-0.2, 0) is 11.8 Å². The molecule has 2 N–H and O–H groups in total. The molecule has 0 unspecified atom stereocenters. The average Bonchev–Trinajstić information content (AvgIpc) is 2.63. The molecule has 2 rings (SSSR count). The lowest BCUT2D eigenvalue weighted by Gasteiger charge is -2.31. The molecule has 90 valence electrons. The molecule has 0 radical (unpaired) electrons. The van der Waals surface area contributed by atoms with Gasteiger partial charge in [0.25, 0.3) is 0 Å². The molecule has 1 saturated carbocycles. The molecule has 1 heterocycles. The molecule has 3 heteroatoms. The summed E-state index contributed by atoms with van der Waals surface area (Å²) in [6, 6.07) is 0. The number of hydrogen-bond donors (Lipinski definition) is 1. The van der Waals surface area contributed by atoms with Gasteiger partial charge in [0.05, 0.1) is 0 Å². The second kappa shape index (κ2) is 4.48. The highest BCUT2D eigenvalue weighted by molar-refractivity contribution is 5.43. The van der Waals surface area contributed by atoms with Crippen molar-refractivity contribution < 1.29 is 4.52 Å². The van der Waals surface area contributed by atoms with Gasteiger partial charge in [-0.05, 0) is 19.3 Å². The van der Waals surface area contributed by atoms with E-state index in [2.05, 4.69) is 19.0 Å². The van der Waals surface area contributed by atoms with E-state index in [0.29, 0.717) is 5.82 Å². The summed E-state index contributed by atoms with van der Waals surface area (Å²) in [5.41, 5.74) is 7.22. The molecule has 0 aromatic carbocycles. The van der Waals surface area contributed by atoms with Gasteiger partial charge in [0.1, 0.15) is 5.76 Å². The third-order valence-corrected chi connectivity index (χ3v) is 3.82. The van der Waals surface area contributed by atoms with Crippen molar-refractivity contribution in [2.24, 2.45) is 0 Å². The van der Waals surface area contributed by atoms with Gasteiger partial charge in [0.2, 0.25) is 0 Å². The van der Waals surface area contributed by atoms with Gasteiger partial charge in [0, 0.05) is 11.0 Å². The first-order valence-corrected chi connectivity index (χ1v) is 6.42. The molecule has 0 amide bonds. The van der Waals surface area contributed by atoms with E-state index >= 15 is 0 Å². The fourth-order valence-electron chi connectivity index (χ4n) is 2.85. The van der Waals surface area contributed by atoms with Crippen molar-refractivity contribution in [2.45, 2.75) is 64.2 Å². The van der Waals surface area contributed by atoms with Gasteiger partial charge in [-0.3, -0.25) is 0 Å². The highest BCUT2D eigenvalue weighted by atomic mass is 16.5. The third kappa shape index (κ3) is 1.95. The minimum absolute atomic E-state index is 0.174. The molecule has 0 aliphatic heterocycles. The first-order chi connectivity index (χ1) is 7.67. The molecular formula is C13H22N2O. The van der Waals surface area contributed by atoms with Crippen molar-refractivity contribution >= 4 is 5.82 Å². The smallest absolute Gasteiger partial charge is 0.170 e. The predicted molar refractivity (Wildman–Crippen MR) is 65.3 cm³/mol. The summed E-state index contributed by atoms with van der Waals surface area (Å²) in [6.07, 6.45) is 8.43. The number of nitrogens with two attached hydrogens (primary N) is 1. The van der Waals surface area contributed by atoms with Gasteiger partial charge >= 0.3 is 0 Å². The molecule has 1 aromatic heterocycles. The zero-order valence-electron chi connectivity index (χ0n) is 10.4. The highest BCUT2D eigenvalue weighted by Crippen LogP contribution is 2.41. The first-order valence-electron chi connectivity index (χ1n) is 6.42. The van der Waals surface area contributed by atoms with Gasteiger partial charge in [-0.2, -0.15) is 0 Å². The molecule has 1 aliphatic rings. The van der Waals surface area contributed by atoms with Crippen LogP contribution < -0.4 is 5.73 Å². The zero-order chi connectivity index (χ0) is 11.6. The SMILES string of the molecule is CCCc1c(N)noc1C1(C)CCCCC1. The Bertz CT molecular complexity index is 351. The maximum atomic E-state index is 5.89. The van der Waals surface area contributed by atoms with E-state index < -0.39 is 0 Å². The first kappa shape index (κ1) is 11.5. The Balaban J connectivity index is 2.30. The van der Waals surface area contributed by atoms with Gasteiger partial charge in [-0.1, -0.05) is 44.7 Å². The maximum absolute atomic E-state index is 5.89. The number of nitrogens with zero attached hydrogens (tertiary/aromatic N) is 1. The van der Waals surface area contributed by atoms with Crippen molar-refractivity contribution in [3.63, 3.8) is 0 Å². The van der Waals surface area contributed by atoms with E-state index in [-0.39, 0.29) is 5.41 Å². The minimum Gasteiger partial charge on any atom is -0.381 e. The summed E-state index contributed by atoms with van der Waals surface area (Å²) in [7, 11) is 0. The molecule has 1 fully saturated rings. The molecule has 0 spiro atoms. The Morgan fingerprint density at radius 3 is 2.62 bits per heavy atom. The van der Waals surface area contributed by atoms with E-state index in [1.165, 1.54) is 32.1 Å². The van der Waals surface area contributed by atoms with Gasteiger partial charge in [-0.15, -0.1) is 0 Å². The highest BCUT2D eigenvalue weighted by Gasteiger charge is 2.35. The summed E-state index contributed by atoms with van der Waals surface area (Å²) < 4.78 is 5.52. The number of aromatic nitrogens is 1. The van der Waals surface area contributed by atoms with Crippen LogP contribution in [0, 0.1) is 0 Å². The largest absolute Gasteiger partial charge is 0.381 e. The Morgan fingerprint density at radius 1 is 1.31 bits per heavy atom. The van der Waals surface area contributed by atoms with Crippen molar-refractivity contribution in [3.8, 4) is 0 Å². The molecule has 0 atom stereocenters. The Hall–Kier alpha value is -0.990. The second-order valence-electron chi connectivity index (χ2n) is 5.25. The number of hydrogen-bond acceptors (Lipinski definition) is 3. The monoisotopic (exact) mass is 222 g/mol. The molecule has 0 bridgehead atoms. The lowest BCUT2D eigenvalue weighted by Crippen LogP contribution is -2.25. The molecule has 3 nitrogen and oxygen atoms in total. The number of anilines is 1. The van der Waals surface area contributed by atoms with E-state index in [1.807, 2.05) is 0 Å². The van der Waals surface area contributed by atoms with E-state index in [9.17, 15) is 0 Å². The summed E-state index contributed by atoms with van der Waals surface area (Å²) >= 11 is 0. The van der Waals surface area contributed by atoms with Gasteiger partial charge < -0.3 is 10.3 Å². The Morgan fingerprint density at radius 2 is 2.00 bits per heavy atom. The topological polar surface area (TPSA) is 52.0 Å². The van der Waals surface area contributed by atoms with Crippen LogP contribution in [0.2, 0.25) is 0 Å². The van der Waals surface area contributed by atoms with Crippen LogP contribution >= 0.6 is 0 Å². The van der Waals surface area contributed by atoms with Crippen LogP contribution in [0.25, 0.3) is 0 Å². The molecule has 1 aliphatic carbocycles. The molecular weight excluding hydrogens is 200 g/mol. The van der Waals surface area contributed by atoms with E-state index in [1.54, 1.807) is 0 Å². The van der Waals surface area contributed by atoms with Crippen LogP contribution in [-0.4, -0.2) is 5.16 Å². The fourth-order valence-corrected chi connectivity index (χ4v) is 2.85. The normalized spacial score (nSPS) is 19.9. The summed E-state index contributed by atoms with van der Waals surface area (Å²) in [5.74, 6) is 1.66. The van der Waals surface area contributed by atoms with Crippen molar-refractivity contribution in [1.82, 2.24) is 5.16 Å². The van der Waals surface area contributed by atoms with Crippen molar-refractivity contribution in [1.29, 1.82) is 0 Å². The Kier molecular flexibility index (Phi) is 3.22. The van der Waals surface area contributed by atoms with Crippen LogP contribution in [0.1, 0.15) is 63.7 Å². The number of nitrogen functional groups attached to an aromatic ring is 1. The lowest BCUT2D eigenvalue weighted by atomic mass is 9.72. The molecule has 0 saturated heterocycles. The summed E-state index contributed by atoms with van der Waals surface area (Å²) in [5, 5.41) is 3.96. The van der Waals surface area contributed by atoms with Gasteiger partial charge in [0.15, 0.2) is 5.82 Å².